The van der Waals surface area contributed by atoms with Gasteiger partial charge in [0.15, 0.2) is 12.5 Å². The Morgan fingerprint density at radius 2 is 1.64 bits per heavy atom. The molecule has 2 aromatic rings. The lowest BCUT2D eigenvalue weighted by atomic mass is 10.1. The molecule has 2 saturated heterocycles. The molecule has 5 heterocycles. The number of fused-ring (bicyclic) bond motifs is 3. The van der Waals surface area contributed by atoms with Gasteiger partial charge in [-0.2, -0.15) is 4.98 Å². The number of H-pyrrole nitrogens is 1. The second kappa shape index (κ2) is 9.24. The first kappa shape index (κ1) is 23.4. The monoisotopic (exact) mass is 462 g/mol. The van der Waals surface area contributed by atoms with E-state index in [0.29, 0.717) is 23.6 Å². The lowest BCUT2D eigenvalue weighted by Crippen LogP contribution is -2.36. The average Bonchev–Trinajstić information content (AvgIpc) is 3.44. The SMILES string of the molecule is CC[C@@H]1CC(O)[C@H](n2cc(C)c(=O)[nH]c2=O)O1.CC[C@@H]1CC2Oc3nc(=O)c(C)cn3[C@@H]2O1. The fourth-order valence-corrected chi connectivity index (χ4v) is 4.30. The van der Waals surface area contributed by atoms with E-state index >= 15 is 0 Å². The van der Waals surface area contributed by atoms with E-state index in [1.54, 1.807) is 20.0 Å². The van der Waals surface area contributed by atoms with Crippen molar-refractivity contribution in [2.75, 3.05) is 0 Å². The standard InChI is InChI=1S/C11H16N2O4.C11H14N2O3/c1-3-7-4-8(14)10(17-7)13-5-6(2)9(15)12-11(13)16;1-3-7-4-8-10(15-7)13-5-6(2)9(14)12-11(13)16-8/h5,7-8,10,14H,3-4H2,1-2H3,(H,12,15,16);5,7-8,10H,3-4H2,1-2H3/t2*7-,8?,10-/m11/s1. The summed E-state index contributed by atoms with van der Waals surface area (Å²) in [5.74, 6) is 0. The molecule has 0 amide bonds. The van der Waals surface area contributed by atoms with E-state index < -0.39 is 23.6 Å². The first-order chi connectivity index (χ1) is 15.7. The molecule has 0 spiro atoms. The van der Waals surface area contributed by atoms with E-state index in [4.69, 9.17) is 14.2 Å². The predicted molar refractivity (Wildman–Crippen MR) is 117 cm³/mol. The minimum atomic E-state index is -0.719. The van der Waals surface area contributed by atoms with Crippen LogP contribution in [-0.4, -0.2) is 48.6 Å². The number of nitrogens with one attached hydrogen (secondary N) is 1. The molecular formula is C22H30N4O7. The molecule has 33 heavy (non-hydrogen) atoms. The van der Waals surface area contributed by atoms with Gasteiger partial charge in [-0.1, -0.05) is 13.8 Å². The molecule has 180 valence electrons. The Balaban J connectivity index is 0.000000157. The molecule has 2 aromatic heterocycles. The van der Waals surface area contributed by atoms with Gasteiger partial charge in [0.1, 0.15) is 12.2 Å². The summed E-state index contributed by atoms with van der Waals surface area (Å²) in [6.07, 6.45) is 5.03. The fraction of sp³-hybridized carbons (Fsp3) is 0.636. The highest BCUT2D eigenvalue weighted by molar-refractivity contribution is 5.14. The summed E-state index contributed by atoms with van der Waals surface area (Å²) < 4.78 is 20.1. The van der Waals surface area contributed by atoms with Crippen LogP contribution >= 0.6 is 0 Å². The molecule has 2 unspecified atom stereocenters. The van der Waals surface area contributed by atoms with Gasteiger partial charge in [0.2, 0.25) is 0 Å². The molecule has 3 aliphatic heterocycles. The summed E-state index contributed by atoms with van der Waals surface area (Å²) in [4.78, 5) is 40.3. The third-order valence-electron chi connectivity index (χ3n) is 6.26. The summed E-state index contributed by atoms with van der Waals surface area (Å²) >= 11 is 0. The number of hydrogen-bond donors (Lipinski definition) is 2. The van der Waals surface area contributed by atoms with Crippen LogP contribution in [0.25, 0.3) is 0 Å². The van der Waals surface area contributed by atoms with E-state index in [2.05, 4.69) is 16.9 Å². The van der Waals surface area contributed by atoms with E-state index in [1.165, 1.54) is 10.8 Å². The van der Waals surface area contributed by atoms with E-state index in [0.717, 1.165) is 19.3 Å². The normalized spacial score (nSPS) is 29.7. The van der Waals surface area contributed by atoms with Gasteiger partial charge in [0.25, 0.3) is 11.1 Å². The summed E-state index contributed by atoms with van der Waals surface area (Å²) in [5.41, 5.74) is -0.151. The number of aryl methyl sites for hydroxylation is 2. The summed E-state index contributed by atoms with van der Waals surface area (Å²) in [5, 5.41) is 9.85. The zero-order valence-corrected chi connectivity index (χ0v) is 19.2. The van der Waals surface area contributed by atoms with Crippen LogP contribution in [-0.2, 0) is 9.47 Å². The van der Waals surface area contributed by atoms with Gasteiger partial charge in [0, 0.05) is 36.4 Å². The zero-order chi connectivity index (χ0) is 23.9. The van der Waals surface area contributed by atoms with Crippen LogP contribution in [0.2, 0.25) is 0 Å². The number of aliphatic hydroxyl groups is 1. The number of aliphatic hydroxyl groups excluding tert-OH is 1. The third kappa shape index (κ3) is 4.53. The molecule has 11 heteroatoms. The van der Waals surface area contributed by atoms with Crippen LogP contribution in [0.1, 0.15) is 63.1 Å². The Morgan fingerprint density at radius 1 is 1.00 bits per heavy atom. The number of hydrogen-bond acceptors (Lipinski definition) is 8. The molecule has 0 aliphatic carbocycles. The van der Waals surface area contributed by atoms with Crippen LogP contribution in [0, 0.1) is 13.8 Å². The van der Waals surface area contributed by atoms with E-state index in [-0.39, 0.29) is 30.1 Å². The minimum Gasteiger partial charge on any atom is -0.456 e. The summed E-state index contributed by atoms with van der Waals surface area (Å²) in [7, 11) is 0. The predicted octanol–water partition coefficient (Wildman–Crippen LogP) is 0.914. The smallest absolute Gasteiger partial charge is 0.330 e. The van der Waals surface area contributed by atoms with Gasteiger partial charge < -0.3 is 19.3 Å². The zero-order valence-electron chi connectivity index (χ0n) is 19.2. The molecule has 0 bridgehead atoms. The molecule has 0 saturated carbocycles. The number of rotatable bonds is 3. The first-order valence-electron chi connectivity index (χ1n) is 11.3. The summed E-state index contributed by atoms with van der Waals surface area (Å²) in [6.45, 7) is 7.41. The van der Waals surface area contributed by atoms with Crippen molar-refractivity contribution in [3.05, 3.63) is 54.7 Å². The second-order valence-electron chi connectivity index (χ2n) is 8.71. The molecule has 11 nitrogen and oxygen atoms in total. The van der Waals surface area contributed by atoms with Crippen molar-refractivity contribution in [3.8, 4) is 6.01 Å². The molecule has 0 radical (unpaired) electrons. The van der Waals surface area contributed by atoms with Gasteiger partial charge in [-0.15, -0.1) is 0 Å². The molecule has 6 atom stereocenters. The van der Waals surface area contributed by atoms with Crippen molar-refractivity contribution < 1.29 is 19.3 Å². The van der Waals surface area contributed by atoms with Gasteiger partial charge in [0.05, 0.1) is 12.2 Å². The quantitative estimate of drug-likeness (QED) is 0.687. The maximum atomic E-state index is 11.6. The van der Waals surface area contributed by atoms with Crippen molar-refractivity contribution in [2.24, 2.45) is 0 Å². The lowest BCUT2D eigenvalue weighted by molar-refractivity contribution is -0.0405. The summed E-state index contributed by atoms with van der Waals surface area (Å²) in [6, 6.07) is 0.389. The maximum absolute atomic E-state index is 11.6. The highest BCUT2D eigenvalue weighted by Gasteiger charge is 2.43. The first-order valence-corrected chi connectivity index (χ1v) is 11.3. The number of nitrogens with zero attached hydrogens (tertiary/aromatic N) is 3. The van der Waals surface area contributed by atoms with Crippen molar-refractivity contribution in [1.29, 1.82) is 0 Å². The van der Waals surface area contributed by atoms with Crippen molar-refractivity contribution in [1.82, 2.24) is 19.1 Å². The highest BCUT2D eigenvalue weighted by Crippen LogP contribution is 2.39. The average molecular weight is 463 g/mol. The maximum Gasteiger partial charge on any atom is 0.330 e. The Morgan fingerprint density at radius 3 is 2.30 bits per heavy atom. The van der Waals surface area contributed by atoms with Crippen molar-refractivity contribution in [2.45, 2.75) is 90.2 Å². The molecule has 2 fully saturated rings. The van der Waals surface area contributed by atoms with Gasteiger partial charge >= 0.3 is 11.7 Å². The topological polar surface area (TPSA) is 138 Å². The second-order valence-corrected chi connectivity index (χ2v) is 8.71. The number of aromatic nitrogens is 4. The molecule has 5 rings (SSSR count). The van der Waals surface area contributed by atoms with E-state index in [1.807, 2.05) is 11.5 Å². The van der Waals surface area contributed by atoms with Crippen molar-refractivity contribution in [3.63, 3.8) is 0 Å². The van der Waals surface area contributed by atoms with E-state index in [9.17, 15) is 19.5 Å². The van der Waals surface area contributed by atoms with Gasteiger partial charge in [-0.3, -0.25) is 23.7 Å². The highest BCUT2D eigenvalue weighted by atomic mass is 16.6. The van der Waals surface area contributed by atoms with Gasteiger partial charge in [-0.25, -0.2) is 4.79 Å². The Bertz CT molecular complexity index is 1190. The fourth-order valence-electron chi connectivity index (χ4n) is 4.30. The Kier molecular flexibility index (Phi) is 6.55. The van der Waals surface area contributed by atoms with Crippen LogP contribution in [0.5, 0.6) is 6.01 Å². The third-order valence-corrected chi connectivity index (χ3v) is 6.26. The Labute approximate surface area is 190 Å². The molecular weight excluding hydrogens is 432 g/mol. The van der Waals surface area contributed by atoms with Crippen molar-refractivity contribution >= 4 is 0 Å². The number of aromatic amines is 1. The Hall–Kier alpha value is -2.76. The van der Waals surface area contributed by atoms with Crippen LogP contribution in [0.3, 0.4) is 0 Å². The number of ether oxygens (including phenoxy) is 3. The van der Waals surface area contributed by atoms with Crippen LogP contribution in [0.4, 0.5) is 0 Å². The molecule has 0 aromatic carbocycles. The molecule has 2 N–H and O–H groups in total. The molecule has 3 aliphatic rings. The largest absolute Gasteiger partial charge is 0.456 e. The lowest BCUT2D eigenvalue weighted by Gasteiger charge is -2.17. The van der Waals surface area contributed by atoms with Crippen LogP contribution in [0.15, 0.2) is 26.8 Å². The minimum absolute atomic E-state index is 0.0126. The van der Waals surface area contributed by atoms with Crippen LogP contribution < -0.4 is 21.5 Å². The van der Waals surface area contributed by atoms with Gasteiger partial charge in [-0.05, 0) is 26.7 Å².